The van der Waals surface area contributed by atoms with Crippen LogP contribution < -0.4 is 16.4 Å². The van der Waals surface area contributed by atoms with Crippen LogP contribution in [0.3, 0.4) is 0 Å². The summed E-state index contributed by atoms with van der Waals surface area (Å²) in [7, 11) is 0. The SMILES string of the molecule is NCCNC(=O)c1ccccc1NC(=O)C1CCCCO1. The summed E-state index contributed by atoms with van der Waals surface area (Å²) in [5.74, 6) is -0.449. The molecule has 1 aliphatic heterocycles. The van der Waals surface area contributed by atoms with Crippen molar-refractivity contribution >= 4 is 17.5 Å². The smallest absolute Gasteiger partial charge is 0.253 e. The predicted octanol–water partition coefficient (Wildman–Crippen LogP) is 0.883. The summed E-state index contributed by atoms with van der Waals surface area (Å²) < 4.78 is 5.45. The molecule has 0 aromatic heterocycles. The van der Waals surface area contributed by atoms with Crippen LogP contribution >= 0.6 is 0 Å². The number of anilines is 1. The van der Waals surface area contributed by atoms with Crippen molar-refractivity contribution in [1.82, 2.24) is 5.32 Å². The van der Waals surface area contributed by atoms with E-state index in [1.54, 1.807) is 24.3 Å². The molecule has 1 saturated heterocycles. The van der Waals surface area contributed by atoms with Crippen molar-refractivity contribution in [2.75, 3.05) is 25.0 Å². The first-order valence-electron chi connectivity index (χ1n) is 7.22. The highest BCUT2D eigenvalue weighted by atomic mass is 16.5. The Morgan fingerprint density at radius 1 is 1.29 bits per heavy atom. The molecule has 6 heteroatoms. The average molecular weight is 291 g/mol. The van der Waals surface area contributed by atoms with E-state index in [0.29, 0.717) is 37.4 Å². The second-order valence-electron chi connectivity index (χ2n) is 4.93. The third kappa shape index (κ3) is 4.27. The van der Waals surface area contributed by atoms with Gasteiger partial charge in [-0.2, -0.15) is 0 Å². The van der Waals surface area contributed by atoms with E-state index in [4.69, 9.17) is 10.5 Å². The second-order valence-corrected chi connectivity index (χ2v) is 4.93. The molecule has 2 amide bonds. The van der Waals surface area contributed by atoms with Crippen LogP contribution in [0, 0.1) is 0 Å². The maximum atomic E-state index is 12.2. The number of carbonyl (C=O) groups excluding carboxylic acids is 2. The van der Waals surface area contributed by atoms with Crippen LogP contribution in [0.5, 0.6) is 0 Å². The maximum absolute atomic E-state index is 12.2. The second kappa shape index (κ2) is 7.75. The number of carbonyl (C=O) groups is 2. The van der Waals surface area contributed by atoms with Crippen LogP contribution in [0.1, 0.15) is 29.6 Å². The standard InChI is InChI=1S/C15H21N3O3/c16-8-9-17-14(19)11-5-1-2-6-12(11)18-15(20)13-7-3-4-10-21-13/h1-2,5-6,13H,3-4,7-10,16H2,(H,17,19)(H,18,20). The van der Waals surface area contributed by atoms with E-state index >= 15 is 0 Å². The topological polar surface area (TPSA) is 93.5 Å². The summed E-state index contributed by atoms with van der Waals surface area (Å²) in [4.78, 5) is 24.2. The Morgan fingerprint density at radius 2 is 2.10 bits per heavy atom. The van der Waals surface area contributed by atoms with Crippen LogP contribution in [-0.4, -0.2) is 37.6 Å². The van der Waals surface area contributed by atoms with Crippen molar-refractivity contribution in [3.05, 3.63) is 29.8 Å². The summed E-state index contributed by atoms with van der Waals surface area (Å²) in [5, 5.41) is 5.48. The number of nitrogens with two attached hydrogens (primary N) is 1. The van der Waals surface area contributed by atoms with Crippen molar-refractivity contribution in [2.45, 2.75) is 25.4 Å². The number of hydrogen-bond donors (Lipinski definition) is 3. The van der Waals surface area contributed by atoms with Crippen molar-refractivity contribution in [3.8, 4) is 0 Å². The quantitative estimate of drug-likeness (QED) is 0.751. The lowest BCUT2D eigenvalue weighted by Gasteiger charge is -2.22. The van der Waals surface area contributed by atoms with Crippen LogP contribution in [0.25, 0.3) is 0 Å². The maximum Gasteiger partial charge on any atom is 0.253 e. The number of nitrogens with one attached hydrogen (secondary N) is 2. The predicted molar refractivity (Wildman–Crippen MR) is 80.1 cm³/mol. The van der Waals surface area contributed by atoms with E-state index in [1.807, 2.05) is 0 Å². The fourth-order valence-corrected chi connectivity index (χ4v) is 2.23. The molecule has 0 bridgehead atoms. The van der Waals surface area contributed by atoms with Gasteiger partial charge in [-0.25, -0.2) is 0 Å². The molecule has 4 N–H and O–H groups in total. The Balaban J connectivity index is 2.05. The van der Waals surface area contributed by atoms with E-state index in [1.165, 1.54) is 0 Å². The molecule has 1 unspecified atom stereocenters. The van der Waals surface area contributed by atoms with Crippen LogP contribution in [0.15, 0.2) is 24.3 Å². The molecule has 1 atom stereocenters. The summed E-state index contributed by atoms with van der Waals surface area (Å²) in [6, 6.07) is 6.91. The Morgan fingerprint density at radius 3 is 2.81 bits per heavy atom. The molecular formula is C15H21N3O3. The fraction of sp³-hybridized carbons (Fsp3) is 0.467. The fourth-order valence-electron chi connectivity index (χ4n) is 2.23. The highest BCUT2D eigenvalue weighted by molar-refractivity contribution is 6.04. The molecule has 1 heterocycles. The van der Waals surface area contributed by atoms with Gasteiger partial charge in [-0.3, -0.25) is 9.59 Å². The molecule has 1 fully saturated rings. The molecule has 6 nitrogen and oxygen atoms in total. The van der Waals surface area contributed by atoms with Gasteiger partial charge in [-0.05, 0) is 31.4 Å². The minimum absolute atomic E-state index is 0.200. The number of hydrogen-bond acceptors (Lipinski definition) is 4. The monoisotopic (exact) mass is 291 g/mol. The van der Waals surface area contributed by atoms with E-state index in [-0.39, 0.29) is 11.8 Å². The van der Waals surface area contributed by atoms with Crippen molar-refractivity contribution in [1.29, 1.82) is 0 Å². The lowest BCUT2D eigenvalue weighted by atomic mass is 10.1. The third-order valence-corrected chi connectivity index (χ3v) is 3.33. The van der Waals surface area contributed by atoms with Crippen molar-refractivity contribution in [3.63, 3.8) is 0 Å². The Kier molecular flexibility index (Phi) is 5.71. The Bertz CT molecular complexity index is 499. The van der Waals surface area contributed by atoms with Crippen molar-refractivity contribution in [2.24, 2.45) is 5.73 Å². The van der Waals surface area contributed by atoms with Crippen LogP contribution in [-0.2, 0) is 9.53 Å². The highest BCUT2D eigenvalue weighted by Gasteiger charge is 2.23. The minimum atomic E-state index is -0.432. The number of ether oxygens (including phenoxy) is 1. The van der Waals surface area contributed by atoms with E-state index in [0.717, 1.165) is 12.8 Å². The molecule has 0 radical (unpaired) electrons. The van der Waals surface area contributed by atoms with E-state index in [9.17, 15) is 9.59 Å². The lowest BCUT2D eigenvalue weighted by molar-refractivity contribution is -0.129. The first-order chi connectivity index (χ1) is 10.2. The van der Waals surface area contributed by atoms with Gasteiger partial charge in [0.2, 0.25) is 0 Å². The molecule has 1 aromatic rings. The summed E-state index contributed by atoms with van der Waals surface area (Å²) in [6.07, 6.45) is 2.25. The Labute approximate surface area is 124 Å². The van der Waals surface area contributed by atoms with Gasteiger partial charge < -0.3 is 21.1 Å². The summed E-state index contributed by atoms with van der Waals surface area (Å²) >= 11 is 0. The molecule has 0 aliphatic carbocycles. The zero-order chi connectivity index (χ0) is 15.1. The van der Waals surface area contributed by atoms with Gasteiger partial charge in [0.1, 0.15) is 6.10 Å². The highest BCUT2D eigenvalue weighted by Crippen LogP contribution is 2.18. The molecule has 0 saturated carbocycles. The average Bonchev–Trinajstić information content (AvgIpc) is 2.54. The molecule has 114 valence electrons. The molecule has 21 heavy (non-hydrogen) atoms. The third-order valence-electron chi connectivity index (χ3n) is 3.33. The summed E-state index contributed by atoms with van der Waals surface area (Å²) in [6.45, 7) is 1.37. The molecule has 0 spiro atoms. The molecule has 1 aliphatic rings. The van der Waals surface area contributed by atoms with Crippen LogP contribution in [0.4, 0.5) is 5.69 Å². The molecule has 1 aromatic carbocycles. The van der Waals surface area contributed by atoms with Gasteiger partial charge in [0, 0.05) is 19.7 Å². The van der Waals surface area contributed by atoms with Gasteiger partial charge in [-0.15, -0.1) is 0 Å². The van der Waals surface area contributed by atoms with Crippen LogP contribution in [0.2, 0.25) is 0 Å². The first-order valence-corrected chi connectivity index (χ1v) is 7.22. The normalized spacial score (nSPS) is 18.0. The van der Waals surface area contributed by atoms with E-state index < -0.39 is 6.10 Å². The first kappa shape index (κ1) is 15.5. The van der Waals surface area contributed by atoms with Gasteiger partial charge in [0.05, 0.1) is 11.3 Å². The number of amides is 2. The number of benzene rings is 1. The zero-order valence-corrected chi connectivity index (χ0v) is 11.9. The van der Waals surface area contributed by atoms with Crippen molar-refractivity contribution < 1.29 is 14.3 Å². The van der Waals surface area contributed by atoms with E-state index in [2.05, 4.69) is 10.6 Å². The van der Waals surface area contributed by atoms with Gasteiger partial charge in [0.15, 0.2) is 0 Å². The van der Waals surface area contributed by atoms with Gasteiger partial charge in [0.25, 0.3) is 11.8 Å². The van der Waals surface area contributed by atoms with Gasteiger partial charge >= 0.3 is 0 Å². The van der Waals surface area contributed by atoms with Gasteiger partial charge in [-0.1, -0.05) is 12.1 Å². The molecule has 2 rings (SSSR count). The Hall–Kier alpha value is -1.92. The number of para-hydroxylation sites is 1. The number of rotatable bonds is 5. The largest absolute Gasteiger partial charge is 0.368 e. The molecular weight excluding hydrogens is 270 g/mol. The lowest BCUT2D eigenvalue weighted by Crippen LogP contribution is -2.34. The minimum Gasteiger partial charge on any atom is -0.368 e. The zero-order valence-electron chi connectivity index (χ0n) is 11.9. The summed E-state index contributed by atoms with van der Waals surface area (Å²) in [5.41, 5.74) is 6.29.